The van der Waals surface area contributed by atoms with E-state index < -0.39 is 0 Å². The van der Waals surface area contributed by atoms with E-state index in [0.717, 1.165) is 32.0 Å². The van der Waals surface area contributed by atoms with Crippen molar-refractivity contribution in [2.75, 3.05) is 0 Å². The molecule has 1 saturated heterocycles. The lowest BCUT2D eigenvalue weighted by Gasteiger charge is -2.25. The molecule has 0 aromatic heterocycles. The largest absolute Gasteiger partial charge is 0.368 e. The van der Waals surface area contributed by atoms with Gasteiger partial charge in [0.2, 0.25) is 0 Å². The van der Waals surface area contributed by atoms with Crippen molar-refractivity contribution in [3.63, 3.8) is 0 Å². The minimum atomic E-state index is -0.112. The van der Waals surface area contributed by atoms with E-state index in [1.54, 1.807) is 0 Å². The van der Waals surface area contributed by atoms with Crippen LogP contribution in [0.1, 0.15) is 32.6 Å². The van der Waals surface area contributed by atoms with Gasteiger partial charge in [-0.3, -0.25) is 0 Å². The van der Waals surface area contributed by atoms with Gasteiger partial charge in [0.25, 0.3) is 0 Å². The Morgan fingerprint density at radius 1 is 1.60 bits per heavy atom. The summed E-state index contributed by atoms with van der Waals surface area (Å²) in [5, 5.41) is 0. The fourth-order valence-electron chi connectivity index (χ4n) is 1.33. The molecule has 2 nitrogen and oxygen atoms in total. The van der Waals surface area contributed by atoms with Gasteiger partial charge in [-0.05, 0) is 25.7 Å². The summed E-state index contributed by atoms with van der Waals surface area (Å²) in [6, 6.07) is 0. The third kappa shape index (κ3) is 1.81. The summed E-state index contributed by atoms with van der Waals surface area (Å²) in [5.74, 6) is 0. The van der Waals surface area contributed by atoms with Gasteiger partial charge < -0.3 is 9.53 Å². The molecule has 10 heavy (non-hydrogen) atoms. The maximum absolute atomic E-state index is 10.3. The molecule has 0 bridgehead atoms. The van der Waals surface area contributed by atoms with Gasteiger partial charge in [0.1, 0.15) is 12.4 Å². The summed E-state index contributed by atoms with van der Waals surface area (Å²) in [6.07, 6.45) is 5.36. The van der Waals surface area contributed by atoms with Crippen LogP contribution in [0.2, 0.25) is 0 Å². The van der Waals surface area contributed by atoms with E-state index >= 15 is 0 Å². The highest BCUT2D eigenvalue weighted by Crippen LogP contribution is 2.19. The molecule has 0 saturated carbocycles. The molecule has 0 aliphatic carbocycles. The van der Waals surface area contributed by atoms with Crippen molar-refractivity contribution in [3.8, 4) is 0 Å². The first-order chi connectivity index (χ1) is 4.86. The van der Waals surface area contributed by atoms with Crippen LogP contribution in [0.4, 0.5) is 0 Å². The topological polar surface area (TPSA) is 26.3 Å². The van der Waals surface area contributed by atoms with E-state index in [-0.39, 0.29) is 6.10 Å². The van der Waals surface area contributed by atoms with Gasteiger partial charge in [0.05, 0.1) is 6.10 Å². The second kappa shape index (κ2) is 3.71. The molecule has 0 amide bonds. The lowest BCUT2D eigenvalue weighted by Crippen LogP contribution is -2.27. The molecule has 1 rings (SSSR count). The van der Waals surface area contributed by atoms with Gasteiger partial charge in [-0.15, -0.1) is 0 Å². The summed E-state index contributed by atoms with van der Waals surface area (Å²) in [5.41, 5.74) is 0. The third-order valence-electron chi connectivity index (χ3n) is 1.99. The first-order valence-electron chi connectivity index (χ1n) is 3.97. The van der Waals surface area contributed by atoms with Crippen molar-refractivity contribution in [1.29, 1.82) is 0 Å². The predicted molar refractivity (Wildman–Crippen MR) is 38.9 cm³/mol. The molecule has 0 aromatic rings. The number of carbonyl (C=O) groups is 1. The van der Waals surface area contributed by atoms with Gasteiger partial charge in [0.15, 0.2) is 0 Å². The number of rotatable bonds is 2. The minimum Gasteiger partial charge on any atom is -0.368 e. The summed E-state index contributed by atoms with van der Waals surface area (Å²) in [6.45, 7) is 2.10. The Bertz CT molecular complexity index is 112. The fourth-order valence-corrected chi connectivity index (χ4v) is 1.33. The van der Waals surface area contributed by atoms with Crippen LogP contribution in [0.15, 0.2) is 0 Å². The zero-order valence-corrected chi connectivity index (χ0v) is 6.38. The number of carbonyl (C=O) groups excluding carboxylic acids is 1. The molecule has 1 heterocycles. The van der Waals surface area contributed by atoms with Crippen molar-refractivity contribution in [1.82, 2.24) is 0 Å². The number of hydrogen-bond acceptors (Lipinski definition) is 2. The van der Waals surface area contributed by atoms with Gasteiger partial charge >= 0.3 is 0 Å². The molecule has 2 heteroatoms. The third-order valence-corrected chi connectivity index (χ3v) is 1.99. The lowest BCUT2D eigenvalue weighted by atomic mass is 10.0. The molecule has 0 radical (unpaired) electrons. The summed E-state index contributed by atoms with van der Waals surface area (Å²) >= 11 is 0. The molecule has 58 valence electrons. The second-order valence-corrected chi connectivity index (χ2v) is 2.77. The summed E-state index contributed by atoms with van der Waals surface area (Å²) < 4.78 is 5.42. The maximum atomic E-state index is 10.3. The van der Waals surface area contributed by atoms with Crippen molar-refractivity contribution in [2.24, 2.45) is 0 Å². The van der Waals surface area contributed by atoms with Crippen molar-refractivity contribution < 1.29 is 9.53 Å². The Kier molecular flexibility index (Phi) is 2.87. The van der Waals surface area contributed by atoms with Crippen LogP contribution in [0.5, 0.6) is 0 Å². The molecule has 2 atom stereocenters. The van der Waals surface area contributed by atoms with E-state index in [2.05, 4.69) is 6.92 Å². The van der Waals surface area contributed by atoms with Crippen molar-refractivity contribution in [2.45, 2.75) is 44.8 Å². The number of hydrogen-bond donors (Lipinski definition) is 0. The van der Waals surface area contributed by atoms with Gasteiger partial charge in [-0.1, -0.05) is 6.92 Å². The van der Waals surface area contributed by atoms with Crippen molar-refractivity contribution >= 4 is 6.29 Å². The smallest absolute Gasteiger partial charge is 0.148 e. The molecule has 0 spiro atoms. The average Bonchev–Trinajstić information content (AvgIpc) is 2.05. The van der Waals surface area contributed by atoms with Gasteiger partial charge in [0, 0.05) is 0 Å². The molecule has 1 aliphatic rings. The molecule has 2 unspecified atom stereocenters. The fraction of sp³-hybridized carbons (Fsp3) is 0.875. The molecule has 0 aromatic carbocycles. The van der Waals surface area contributed by atoms with Crippen LogP contribution in [-0.2, 0) is 9.53 Å². The highest BCUT2D eigenvalue weighted by Gasteiger charge is 2.19. The Labute approximate surface area is 61.6 Å². The van der Waals surface area contributed by atoms with Crippen molar-refractivity contribution in [3.05, 3.63) is 0 Å². The van der Waals surface area contributed by atoms with E-state index in [9.17, 15) is 4.79 Å². The van der Waals surface area contributed by atoms with Gasteiger partial charge in [-0.25, -0.2) is 0 Å². The van der Waals surface area contributed by atoms with Gasteiger partial charge in [-0.2, -0.15) is 0 Å². The zero-order valence-electron chi connectivity index (χ0n) is 6.38. The second-order valence-electron chi connectivity index (χ2n) is 2.77. The lowest BCUT2D eigenvalue weighted by molar-refractivity contribution is -0.126. The monoisotopic (exact) mass is 142 g/mol. The number of ether oxygens (including phenoxy) is 1. The van der Waals surface area contributed by atoms with E-state index in [1.165, 1.54) is 0 Å². The SMILES string of the molecule is CCC1CCCC(C=O)O1. The summed E-state index contributed by atoms with van der Waals surface area (Å²) in [4.78, 5) is 10.3. The van der Waals surface area contributed by atoms with E-state index in [0.29, 0.717) is 6.10 Å². The molecular weight excluding hydrogens is 128 g/mol. The molecule has 0 N–H and O–H groups in total. The molecular formula is C8H14O2. The van der Waals surface area contributed by atoms with Crippen LogP contribution >= 0.6 is 0 Å². The van der Waals surface area contributed by atoms with Crippen LogP contribution < -0.4 is 0 Å². The van der Waals surface area contributed by atoms with E-state index in [1.807, 2.05) is 0 Å². The van der Waals surface area contributed by atoms with E-state index in [4.69, 9.17) is 4.74 Å². The zero-order chi connectivity index (χ0) is 7.40. The maximum Gasteiger partial charge on any atom is 0.148 e. The van der Waals surface area contributed by atoms with Crippen LogP contribution in [0, 0.1) is 0 Å². The standard InChI is InChI=1S/C8H14O2/c1-2-7-4-3-5-8(6-9)10-7/h6-8H,2-5H2,1H3. The Morgan fingerprint density at radius 2 is 2.40 bits per heavy atom. The summed E-state index contributed by atoms with van der Waals surface area (Å²) in [7, 11) is 0. The van der Waals surface area contributed by atoms with Crippen LogP contribution in [0.25, 0.3) is 0 Å². The normalized spacial score (nSPS) is 33.7. The highest BCUT2D eigenvalue weighted by atomic mass is 16.5. The molecule has 1 fully saturated rings. The Morgan fingerprint density at radius 3 is 3.00 bits per heavy atom. The average molecular weight is 142 g/mol. The Balaban J connectivity index is 2.31. The predicted octanol–water partition coefficient (Wildman–Crippen LogP) is 1.53. The first kappa shape index (κ1) is 7.73. The first-order valence-corrected chi connectivity index (χ1v) is 3.97. The minimum absolute atomic E-state index is 0.112. The Hall–Kier alpha value is -0.370. The van der Waals surface area contributed by atoms with Crippen LogP contribution in [-0.4, -0.2) is 18.5 Å². The molecule has 1 aliphatic heterocycles. The van der Waals surface area contributed by atoms with Crippen LogP contribution in [0.3, 0.4) is 0 Å². The quantitative estimate of drug-likeness (QED) is 0.546. The highest BCUT2D eigenvalue weighted by molar-refractivity contribution is 5.56. The number of aldehydes is 1.